The molecule has 19 heavy (non-hydrogen) atoms. The lowest BCUT2D eigenvalue weighted by Crippen LogP contribution is -2.38. The second-order valence-corrected chi connectivity index (χ2v) is 5.32. The number of fused-ring (bicyclic) bond motifs is 1. The van der Waals surface area contributed by atoms with Crippen molar-refractivity contribution in [2.45, 2.75) is 25.3 Å². The summed E-state index contributed by atoms with van der Waals surface area (Å²) in [5.41, 5.74) is 4.31. The molecule has 1 saturated carbocycles. The van der Waals surface area contributed by atoms with Crippen molar-refractivity contribution < 1.29 is 4.74 Å². The Morgan fingerprint density at radius 2 is 2.16 bits per heavy atom. The molecule has 3 nitrogen and oxygen atoms in total. The Morgan fingerprint density at radius 1 is 1.32 bits per heavy atom. The molecule has 3 rings (SSSR count). The Kier molecular flexibility index (Phi) is 3.40. The molecule has 0 spiro atoms. The molecule has 0 saturated heterocycles. The van der Waals surface area contributed by atoms with E-state index in [9.17, 15) is 0 Å². The van der Waals surface area contributed by atoms with Crippen molar-refractivity contribution in [1.29, 1.82) is 0 Å². The highest BCUT2D eigenvalue weighted by molar-refractivity contribution is 5.87. The molecule has 2 aromatic carbocycles. The highest BCUT2D eigenvalue weighted by Gasteiger charge is 2.30. The second kappa shape index (κ2) is 5.19. The van der Waals surface area contributed by atoms with Crippen LogP contribution < -0.4 is 16.0 Å². The van der Waals surface area contributed by atoms with Gasteiger partial charge in [-0.15, -0.1) is 0 Å². The maximum atomic E-state index is 5.69. The fraction of sp³-hybridized carbons (Fsp3) is 0.375. The maximum absolute atomic E-state index is 5.69. The number of benzene rings is 2. The molecule has 1 unspecified atom stereocenters. The number of nitrogens with two attached hydrogens (primary N) is 1. The molecule has 1 aliphatic carbocycles. The minimum atomic E-state index is 0.386. The number of nitrogens with one attached hydrogen (secondary N) is 1. The average Bonchev–Trinajstić information content (AvgIpc) is 3.29. The summed E-state index contributed by atoms with van der Waals surface area (Å²) in [6.45, 7) is 0. The third-order valence-electron chi connectivity index (χ3n) is 4.02. The predicted octanol–water partition coefficient (Wildman–Crippen LogP) is 2.63. The quantitative estimate of drug-likeness (QED) is 0.638. The molecule has 0 aliphatic heterocycles. The van der Waals surface area contributed by atoms with Crippen LogP contribution in [0.1, 0.15) is 18.4 Å². The van der Waals surface area contributed by atoms with Gasteiger partial charge in [-0.25, -0.2) is 0 Å². The van der Waals surface area contributed by atoms with E-state index in [0.29, 0.717) is 6.04 Å². The number of hydrazine groups is 1. The molecule has 0 aromatic heterocycles. The van der Waals surface area contributed by atoms with E-state index in [0.717, 1.165) is 18.1 Å². The molecule has 1 atom stereocenters. The van der Waals surface area contributed by atoms with Crippen LogP contribution in [0.4, 0.5) is 0 Å². The minimum absolute atomic E-state index is 0.386. The first-order chi connectivity index (χ1) is 9.31. The first-order valence-electron chi connectivity index (χ1n) is 6.83. The number of hydrogen-bond acceptors (Lipinski definition) is 3. The molecule has 100 valence electrons. The van der Waals surface area contributed by atoms with Gasteiger partial charge in [0.15, 0.2) is 0 Å². The molecule has 2 aromatic rings. The molecule has 0 heterocycles. The Morgan fingerprint density at radius 3 is 2.84 bits per heavy atom. The van der Waals surface area contributed by atoms with E-state index < -0.39 is 0 Å². The lowest BCUT2D eigenvalue weighted by Gasteiger charge is -2.16. The van der Waals surface area contributed by atoms with Gasteiger partial charge < -0.3 is 4.74 Å². The van der Waals surface area contributed by atoms with Gasteiger partial charge in [0.1, 0.15) is 5.75 Å². The van der Waals surface area contributed by atoms with Crippen LogP contribution in [0.2, 0.25) is 0 Å². The number of methoxy groups -OCH3 is 1. The lowest BCUT2D eigenvalue weighted by atomic mass is 9.97. The van der Waals surface area contributed by atoms with Crippen molar-refractivity contribution in [1.82, 2.24) is 5.43 Å². The minimum Gasteiger partial charge on any atom is -0.497 e. The van der Waals surface area contributed by atoms with Crippen LogP contribution in [-0.2, 0) is 6.42 Å². The highest BCUT2D eigenvalue weighted by Crippen LogP contribution is 2.35. The second-order valence-electron chi connectivity index (χ2n) is 5.32. The Hall–Kier alpha value is -1.58. The van der Waals surface area contributed by atoms with Gasteiger partial charge in [0, 0.05) is 6.04 Å². The first kappa shape index (κ1) is 12.5. The summed E-state index contributed by atoms with van der Waals surface area (Å²) >= 11 is 0. The molecule has 0 radical (unpaired) electrons. The monoisotopic (exact) mass is 256 g/mol. The van der Waals surface area contributed by atoms with E-state index in [1.807, 2.05) is 6.07 Å². The summed E-state index contributed by atoms with van der Waals surface area (Å²) in [6.07, 6.45) is 3.57. The zero-order valence-corrected chi connectivity index (χ0v) is 11.2. The summed E-state index contributed by atoms with van der Waals surface area (Å²) in [4.78, 5) is 0. The number of hydrogen-bond donors (Lipinski definition) is 2. The number of ether oxygens (including phenoxy) is 1. The van der Waals surface area contributed by atoms with E-state index >= 15 is 0 Å². The van der Waals surface area contributed by atoms with E-state index in [4.69, 9.17) is 10.6 Å². The standard InChI is InChI=1S/C16H20N2O/c1-19-14-8-7-11-3-2-4-13(15(11)10-14)9-16(18-17)12-5-6-12/h2-4,7-8,10,12,16,18H,5-6,9,17H2,1H3. The largest absolute Gasteiger partial charge is 0.497 e. The summed E-state index contributed by atoms with van der Waals surface area (Å²) in [5, 5.41) is 2.52. The van der Waals surface area contributed by atoms with Crippen molar-refractivity contribution in [3.05, 3.63) is 42.0 Å². The van der Waals surface area contributed by atoms with Gasteiger partial charge in [-0.05, 0) is 53.6 Å². The average molecular weight is 256 g/mol. The van der Waals surface area contributed by atoms with Crippen LogP contribution in [0.15, 0.2) is 36.4 Å². The summed E-state index contributed by atoms with van der Waals surface area (Å²) in [6, 6.07) is 13.1. The topological polar surface area (TPSA) is 47.3 Å². The third kappa shape index (κ3) is 2.57. The summed E-state index contributed by atoms with van der Waals surface area (Å²) < 4.78 is 5.33. The third-order valence-corrected chi connectivity index (χ3v) is 4.02. The number of rotatable bonds is 5. The molecule has 0 amide bonds. The molecule has 3 N–H and O–H groups in total. The highest BCUT2D eigenvalue weighted by atomic mass is 16.5. The van der Waals surface area contributed by atoms with Crippen molar-refractivity contribution >= 4 is 10.8 Å². The Labute approximate surface area is 113 Å². The van der Waals surface area contributed by atoms with Crippen LogP contribution in [-0.4, -0.2) is 13.2 Å². The first-order valence-corrected chi connectivity index (χ1v) is 6.83. The van der Waals surface area contributed by atoms with E-state index in [1.54, 1.807) is 7.11 Å². The Bertz CT molecular complexity index is 578. The predicted molar refractivity (Wildman–Crippen MR) is 78.0 cm³/mol. The zero-order chi connectivity index (χ0) is 13.2. The zero-order valence-electron chi connectivity index (χ0n) is 11.2. The fourth-order valence-corrected chi connectivity index (χ4v) is 2.72. The van der Waals surface area contributed by atoms with E-state index in [1.165, 1.54) is 29.2 Å². The van der Waals surface area contributed by atoms with Gasteiger partial charge in [-0.3, -0.25) is 11.3 Å². The van der Waals surface area contributed by atoms with Gasteiger partial charge in [-0.1, -0.05) is 24.3 Å². The van der Waals surface area contributed by atoms with Crippen LogP contribution in [0, 0.1) is 5.92 Å². The maximum Gasteiger partial charge on any atom is 0.119 e. The van der Waals surface area contributed by atoms with Crippen molar-refractivity contribution in [2.24, 2.45) is 11.8 Å². The van der Waals surface area contributed by atoms with Crippen LogP contribution in [0.5, 0.6) is 5.75 Å². The molecule has 1 aliphatic rings. The molecule has 1 fully saturated rings. The van der Waals surface area contributed by atoms with Crippen molar-refractivity contribution in [3.63, 3.8) is 0 Å². The van der Waals surface area contributed by atoms with Gasteiger partial charge in [-0.2, -0.15) is 0 Å². The van der Waals surface area contributed by atoms with Gasteiger partial charge in [0.2, 0.25) is 0 Å². The van der Waals surface area contributed by atoms with Gasteiger partial charge in [0.25, 0.3) is 0 Å². The SMILES string of the molecule is COc1ccc2cccc(CC(NN)C3CC3)c2c1. The van der Waals surface area contributed by atoms with E-state index in [-0.39, 0.29) is 0 Å². The summed E-state index contributed by atoms with van der Waals surface area (Å²) in [7, 11) is 1.71. The van der Waals surface area contributed by atoms with Crippen molar-refractivity contribution in [2.75, 3.05) is 7.11 Å². The Balaban J connectivity index is 1.96. The summed E-state index contributed by atoms with van der Waals surface area (Å²) in [5.74, 6) is 7.33. The smallest absolute Gasteiger partial charge is 0.119 e. The van der Waals surface area contributed by atoms with Crippen LogP contribution >= 0.6 is 0 Å². The molecule has 3 heteroatoms. The van der Waals surface area contributed by atoms with E-state index in [2.05, 4.69) is 35.8 Å². The van der Waals surface area contributed by atoms with Crippen LogP contribution in [0.3, 0.4) is 0 Å². The van der Waals surface area contributed by atoms with Crippen LogP contribution in [0.25, 0.3) is 10.8 Å². The fourth-order valence-electron chi connectivity index (χ4n) is 2.72. The normalized spacial score (nSPS) is 16.5. The molecular formula is C16H20N2O. The van der Waals surface area contributed by atoms with Gasteiger partial charge in [0.05, 0.1) is 7.11 Å². The van der Waals surface area contributed by atoms with Crippen molar-refractivity contribution in [3.8, 4) is 5.75 Å². The molecular weight excluding hydrogens is 236 g/mol. The molecule has 0 bridgehead atoms. The van der Waals surface area contributed by atoms with Gasteiger partial charge >= 0.3 is 0 Å². The lowest BCUT2D eigenvalue weighted by molar-refractivity contribution is 0.415.